The lowest BCUT2D eigenvalue weighted by atomic mass is 10.2. The van der Waals surface area contributed by atoms with E-state index in [1.165, 1.54) is 5.56 Å². The highest BCUT2D eigenvalue weighted by atomic mass is 16.2. The fourth-order valence-electron chi connectivity index (χ4n) is 3.45. The second kappa shape index (κ2) is 6.69. The van der Waals surface area contributed by atoms with Crippen molar-refractivity contribution in [2.75, 3.05) is 6.54 Å². The Kier molecular flexibility index (Phi) is 4.24. The fraction of sp³-hybridized carbons (Fsp3) is 0.300. The summed E-state index contributed by atoms with van der Waals surface area (Å²) >= 11 is 0. The Labute approximate surface area is 147 Å². The number of aryl methyl sites for hydroxylation is 1. The first kappa shape index (κ1) is 15.8. The summed E-state index contributed by atoms with van der Waals surface area (Å²) in [7, 11) is 2.04. The number of hydrogen-bond acceptors (Lipinski definition) is 3. The predicted molar refractivity (Wildman–Crippen MR) is 97.8 cm³/mol. The minimum absolute atomic E-state index is 0.177. The highest BCUT2D eigenvalue weighted by Gasteiger charge is 2.29. The molecule has 1 aliphatic heterocycles. The van der Waals surface area contributed by atoms with E-state index in [4.69, 9.17) is 0 Å². The molecule has 3 aromatic rings. The molecule has 25 heavy (non-hydrogen) atoms. The lowest BCUT2D eigenvalue weighted by molar-refractivity contribution is -0.128. The van der Waals surface area contributed by atoms with E-state index in [2.05, 4.69) is 33.1 Å². The highest BCUT2D eigenvalue weighted by molar-refractivity contribution is 5.79. The van der Waals surface area contributed by atoms with Crippen LogP contribution in [0.4, 0.5) is 0 Å². The molecule has 1 saturated heterocycles. The predicted octanol–water partition coefficient (Wildman–Crippen LogP) is 2.46. The van der Waals surface area contributed by atoms with E-state index in [9.17, 15) is 4.79 Å². The van der Waals surface area contributed by atoms with E-state index in [1.54, 1.807) is 0 Å². The SMILES string of the molecule is Cn1c(CNC2CC(=O)N(Cc3ccccc3)C2)nc2ccccc21. The van der Waals surface area contributed by atoms with Crippen molar-refractivity contribution >= 4 is 16.9 Å². The summed E-state index contributed by atoms with van der Waals surface area (Å²) in [5.74, 6) is 1.21. The third kappa shape index (κ3) is 3.28. The standard InChI is InChI=1S/C20H22N4O/c1-23-18-10-6-5-9-17(18)22-19(23)12-21-16-11-20(25)24(14-16)13-15-7-3-2-4-8-15/h2-10,16,21H,11-14H2,1H3. The van der Waals surface area contributed by atoms with Gasteiger partial charge in [-0.05, 0) is 17.7 Å². The van der Waals surface area contributed by atoms with Crippen molar-refractivity contribution in [2.24, 2.45) is 7.05 Å². The van der Waals surface area contributed by atoms with Crippen LogP contribution in [0.5, 0.6) is 0 Å². The average Bonchev–Trinajstić information content (AvgIpc) is 3.14. The van der Waals surface area contributed by atoms with Crippen LogP contribution in [-0.4, -0.2) is 32.9 Å². The Morgan fingerprint density at radius 2 is 1.88 bits per heavy atom. The summed E-state index contributed by atoms with van der Waals surface area (Å²) in [6.45, 7) is 2.10. The van der Waals surface area contributed by atoms with E-state index < -0.39 is 0 Å². The molecule has 1 amide bonds. The Morgan fingerprint density at radius 1 is 1.12 bits per heavy atom. The third-order valence-corrected chi connectivity index (χ3v) is 4.86. The first-order chi connectivity index (χ1) is 12.2. The maximum atomic E-state index is 12.3. The summed E-state index contributed by atoms with van der Waals surface area (Å²) in [6.07, 6.45) is 0.552. The monoisotopic (exact) mass is 334 g/mol. The van der Waals surface area contributed by atoms with E-state index in [1.807, 2.05) is 48.3 Å². The Bertz CT molecular complexity index is 887. The Balaban J connectivity index is 1.38. The van der Waals surface area contributed by atoms with Gasteiger partial charge in [0.05, 0.1) is 17.6 Å². The lowest BCUT2D eigenvalue weighted by Crippen LogP contribution is -2.32. The zero-order valence-corrected chi connectivity index (χ0v) is 14.4. The first-order valence-corrected chi connectivity index (χ1v) is 8.66. The smallest absolute Gasteiger partial charge is 0.224 e. The van der Waals surface area contributed by atoms with Gasteiger partial charge in [0.1, 0.15) is 5.82 Å². The van der Waals surface area contributed by atoms with Crippen LogP contribution in [0, 0.1) is 0 Å². The van der Waals surface area contributed by atoms with Crippen LogP contribution in [0.2, 0.25) is 0 Å². The normalized spacial score (nSPS) is 17.6. The lowest BCUT2D eigenvalue weighted by Gasteiger charge is -2.17. The third-order valence-electron chi connectivity index (χ3n) is 4.86. The molecular weight excluding hydrogens is 312 g/mol. The zero-order chi connectivity index (χ0) is 17.2. The summed E-state index contributed by atoms with van der Waals surface area (Å²) in [6, 6.07) is 18.5. The van der Waals surface area contributed by atoms with Gasteiger partial charge in [-0.2, -0.15) is 0 Å². The van der Waals surface area contributed by atoms with Crippen LogP contribution in [0.15, 0.2) is 54.6 Å². The number of carbonyl (C=O) groups excluding carboxylic acids is 1. The van der Waals surface area contributed by atoms with Crippen LogP contribution in [0.25, 0.3) is 11.0 Å². The summed E-state index contributed by atoms with van der Waals surface area (Å²) in [5.41, 5.74) is 3.31. The Morgan fingerprint density at radius 3 is 2.68 bits per heavy atom. The van der Waals surface area contributed by atoms with Crippen LogP contribution >= 0.6 is 0 Å². The van der Waals surface area contributed by atoms with Gasteiger partial charge in [0.15, 0.2) is 0 Å². The quantitative estimate of drug-likeness (QED) is 0.780. The summed E-state index contributed by atoms with van der Waals surface area (Å²) < 4.78 is 2.11. The molecule has 1 aromatic heterocycles. The minimum atomic E-state index is 0.177. The first-order valence-electron chi connectivity index (χ1n) is 8.66. The van der Waals surface area contributed by atoms with Crippen molar-refractivity contribution in [1.82, 2.24) is 19.8 Å². The molecule has 1 fully saturated rings. The molecule has 1 unspecified atom stereocenters. The maximum Gasteiger partial charge on any atom is 0.224 e. The van der Waals surface area contributed by atoms with Crippen molar-refractivity contribution in [2.45, 2.75) is 25.6 Å². The van der Waals surface area contributed by atoms with Crippen molar-refractivity contribution in [3.8, 4) is 0 Å². The van der Waals surface area contributed by atoms with E-state index in [0.29, 0.717) is 19.5 Å². The molecule has 5 heteroatoms. The molecule has 0 bridgehead atoms. The molecule has 1 N–H and O–H groups in total. The summed E-state index contributed by atoms with van der Waals surface area (Å²) in [4.78, 5) is 18.9. The number of para-hydroxylation sites is 2. The molecule has 4 rings (SSSR count). The van der Waals surface area contributed by atoms with Gasteiger partial charge in [-0.3, -0.25) is 4.79 Å². The second-order valence-corrected chi connectivity index (χ2v) is 6.62. The molecule has 1 atom stereocenters. The molecule has 0 radical (unpaired) electrons. The largest absolute Gasteiger partial charge is 0.337 e. The number of nitrogens with one attached hydrogen (secondary N) is 1. The van der Waals surface area contributed by atoms with Gasteiger partial charge in [-0.1, -0.05) is 42.5 Å². The van der Waals surface area contributed by atoms with Crippen LogP contribution in [0.1, 0.15) is 17.8 Å². The molecular formula is C20H22N4O. The molecule has 1 aliphatic rings. The number of nitrogens with zero attached hydrogens (tertiary/aromatic N) is 3. The van der Waals surface area contributed by atoms with Crippen molar-refractivity contribution in [1.29, 1.82) is 0 Å². The van der Waals surface area contributed by atoms with E-state index >= 15 is 0 Å². The molecule has 5 nitrogen and oxygen atoms in total. The second-order valence-electron chi connectivity index (χ2n) is 6.62. The van der Waals surface area contributed by atoms with Gasteiger partial charge in [0.2, 0.25) is 5.91 Å². The molecule has 2 heterocycles. The zero-order valence-electron chi connectivity index (χ0n) is 14.4. The van der Waals surface area contributed by atoms with Gasteiger partial charge in [-0.15, -0.1) is 0 Å². The summed E-state index contributed by atoms with van der Waals surface area (Å²) in [5, 5.41) is 3.50. The van der Waals surface area contributed by atoms with Gasteiger partial charge < -0.3 is 14.8 Å². The van der Waals surface area contributed by atoms with Crippen LogP contribution in [-0.2, 0) is 24.9 Å². The number of imidazole rings is 1. The van der Waals surface area contributed by atoms with E-state index in [-0.39, 0.29) is 11.9 Å². The van der Waals surface area contributed by atoms with Crippen molar-refractivity contribution < 1.29 is 4.79 Å². The average molecular weight is 334 g/mol. The van der Waals surface area contributed by atoms with E-state index in [0.717, 1.165) is 23.4 Å². The number of fused-ring (bicyclic) bond motifs is 1. The highest BCUT2D eigenvalue weighted by Crippen LogP contribution is 2.17. The topological polar surface area (TPSA) is 50.2 Å². The molecule has 0 spiro atoms. The molecule has 0 aliphatic carbocycles. The number of amides is 1. The number of benzene rings is 2. The van der Waals surface area contributed by atoms with Gasteiger partial charge in [0, 0.05) is 32.6 Å². The fourth-order valence-corrected chi connectivity index (χ4v) is 3.45. The number of rotatable bonds is 5. The number of carbonyl (C=O) groups is 1. The van der Waals surface area contributed by atoms with Gasteiger partial charge >= 0.3 is 0 Å². The minimum Gasteiger partial charge on any atom is -0.337 e. The maximum absolute atomic E-state index is 12.3. The molecule has 0 saturated carbocycles. The number of likely N-dealkylation sites (tertiary alicyclic amines) is 1. The Hall–Kier alpha value is -2.66. The van der Waals surface area contributed by atoms with Gasteiger partial charge in [-0.25, -0.2) is 4.98 Å². The number of aromatic nitrogens is 2. The van der Waals surface area contributed by atoms with Crippen molar-refractivity contribution in [3.63, 3.8) is 0 Å². The molecule has 2 aromatic carbocycles. The van der Waals surface area contributed by atoms with Crippen molar-refractivity contribution in [3.05, 3.63) is 66.0 Å². The number of hydrogen-bond donors (Lipinski definition) is 1. The van der Waals surface area contributed by atoms with Crippen LogP contribution in [0.3, 0.4) is 0 Å². The van der Waals surface area contributed by atoms with Gasteiger partial charge in [0.25, 0.3) is 0 Å². The van der Waals surface area contributed by atoms with Crippen LogP contribution < -0.4 is 5.32 Å². The molecule has 128 valence electrons.